The molecule has 0 fully saturated rings. The van der Waals surface area contributed by atoms with Crippen LogP contribution in [0, 0.1) is 0 Å². The number of para-hydroxylation sites is 5. The molecule has 0 aliphatic carbocycles. The van der Waals surface area contributed by atoms with Gasteiger partial charge in [0, 0.05) is 49.3 Å². The fourth-order valence-corrected chi connectivity index (χ4v) is 8.23. The van der Waals surface area contributed by atoms with E-state index in [9.17, 15) is 0 Å². The summed E-state index contributed by atoms with van der Waals surface area (Å²) in [7, 11) is 0. The average molecular weight is 747 g/mol. The molecule has 0 bridgehead atoms. The fourth-order valence-electron chi connectivity index (χ4n) is 8.23. The highest BCUT2D eigenvalue weighted by Crippen LogP contribution is 2.40. The molecule has 0 saturated heterocycles. The van der Waals surface area contributed by atoms with Gasteiger partial charge in [-0.15, -0.1) is 23.3 Å². The second-order valence-corrected chi connectivity index (χ2v) is 13.3. The molecule has 8 aromatic carbocycles. The predicted octanol–water partition coefficient (Wildman–Crippen LogP) is 14.9. The van der Waals surface area contributed by atoms with Crippen LogP contribution in [0.15, 0.2) is 186 Å². The second kappa shape index (κ2) is 14.6. The molecule has 0 aliphatic heterocycles. The number of furan rings is 1. The molecule has 0 atom stereocenters. The molecule has 11 aromatic rings. The minimum atomic E-state index is 0.890. The van der Waals surface area contributed by atoms with E-state index in [1.807, 2.05) is 13.8 Å². The third-order valence-electron chi connectivity index (χ3n) is 10.5. The van der Waals surface area contributed by atoms with E-state index in [2.05, 4.69) is 214 Å². The number of fused-ring (bicyclic) bond motifs is 9. The largest absolute Gasteiger partial charge is 0.455 e. The van der Waals surface area contributed by atoms with Crippen LogP contribution in [-0.4, -0.2) is 9.13 Å². The first-order valence-electron chi connectivity index (χ1n) is 18.6. The molecule has 55 heavy (non-hydrogen) atoms. The van der Waals surface area contributed by atoms with E-state index in [0.29, 0.717) is 0 Å². The number of hydrogen-bond donors (Lipinski definition) is 2. The maximum atomic E-state index is 6.67. The van der Waals surface area contributed by atoms with E-state index in [1.165, 1.54) is 60.4 Å². The minimum Gasteiger partial charge on any atom is -0.455 e. The van der Waals surface area contributed by atoms with Gasteiger partial charge in [-0.3, -0.25) is 0 Å². The fraction of sp³-hybridized carbons (Fsp3) is 0.0400. The zero-order chi connectivity index (χ0) is 37.5. The zero-order valence-corrected chi connectivity index (χ0v) is 32.3. The molecular weight excluding hydrogens is 709 g/mol. The normalized spacial score (nSPS) is 11.3. The molecule has 0 amide bonds. The summed E-state index contributed by atoms with van der Waals surface area (Å²) in [6, 6.07) is 65.4. The van der Waals surface area contributed by atoms with Crippen LogP contribution in [0.1, 0.15) is 13.8 Å². The van der Waals surface area contributed by atoms with Gasteiger partial charge in [0.05, 0.1) is 22.1 Å². The smallest absolute Gasteiger partial charge is 0.143 e. The Morgan fingerprint density at radius 1 is 0.364 bits per heavy atom. The molecule has 0 radical (unpaired) electrons. The first kappa shape index (κ1) is 34.6. The Labute approximate surface area is 330 Å². The summed E-state index contributed by atoms with van der Waals surface area (Å²) >= 11 is 6.44. The van der Waals surface area contributed by atoms with Crippen LogP contribution < -0.4 is 0 Å². The van der Waals surface area contributed by atoms with E-state index in [0.717, 1.165) is 38.8 Å². The Kier molecular flexibility index (Phi) is 9.19. The van der Waals surface area contributed by atoms with Crippen molar-refractivity contribution in [3.05, 3.63) is 182 Å². The zero-order valence-electron chi connectivity index (χ0n) is 30.5. The average Bonchev–Trinajstić information content (AvgIpc) is 3.93. The lowest BCUT2D eigenvalue weighted by molar-refractivity contribution is 0.670. The standard InChI is InChI=1S/C48H30N2O.C2H6.H2S2/c1-2-13-34(14-3-1)49-45-23-9-6-18-39(45)41-29-31(24-26-46(41)49)32-25-27-47-42(30-32)40-20-11-19-36(48(40)51-47)33-12-10-15-35(28-33)50-43-21-7-4-16-37(43)38-17-5-8-22-44(38)50;2*1-2/h1-30H;1-2H3;1-2H. The SMILES string of the molecule is CC.SS.c1ccc(-n2c3ccccc3c3cc(-c4ccc5oc6c(-c7cccc(-n8c9ccccc9c9ccccc98)c7)cccc6c5c4)ccc32)cc1. The van der Waals surface area contributed by atoms with Gasteiger partial charge in [0.2, 0.25) is 0 Å². The first-order valence-corrected chi connectivity index (χ1v) is 20.2. The maximum Gasteiger partial charge on any atom is 0.143 e. The number of aromatic nitrogens is 2. The second-order valence-electron chi connectivity index (χ2n) is 13.3. The van der Waals surface area contributed by atoms with Gasteiger partial charge in [0.1, 0.15) is 11.2 Å². The van der Waals surface area contributed by atoms with E-state index in [1.54, 1.807) is 0 Å². The topological polar surface area (TPSA) is 23.0 Å². The highest BCUT2D eigenvalue weighted by Gasteiger charge is 2.17. The van der Waals surface area contributed by atoms with Crippen LogP contribution >= 0.6 is 23.3 Å². The van der Waals surface area contributed by atoms with Crippen molar-refractivity contribution >= 4 is 88.9 Å². The lowest BCUT2D eigenvalue weighted by Gasteiger charge is -2.10. The van der Waals surface area contributed by atoms with Gasteiger partial charge in [-0.2, -0.15) is 0 Å². The van der Waals surface area contributed by atoms with Crippen LogP contribution in [0.25, 0.3) is 99.2 Å². The van der Waals surface area contributed by atoms with Gasteiger partial charge >= 0.3 is 0 Å². The summed E-state index contributed by atoms with van der Waals surface area (Å²) < 4.78 is 11.4. The molecule has 0 spiro atoms. The van der Waals surface area contributed by atoms with Gasteiger partial charge in [-0.1, -0.05) is 129 Å². The van der Waals surface area contributed by atoms with Crippen LogP contribution in [0.4, 0.5) is 0 Å². The van der Waals surface area contributed by atoms with Crippen LogP contribution in [0.5, 0.6) is 0 Å². The Morgan fingerprint density at radius 2 is 0.855 bits per heavy atom. The summed E-state index contributed by atoms with van der Waals surface area (Å²) in [5, 5.41) is 7.25. The molecule has 11 rings (SSSR count). The van der Waals surface area contributed by atoms with E-state index < -0.39 is 0 Å². The predicted molar refractivity (Wildman–Crippen MR) is 243 cm³/mol. The Balaban J connectivity index is 0.000000963. The van der Waals surface area contributed by atoms with Crippen LogP contribution in [0.3, 0.4) is 0 Å². The molecule has 0 N–H and O–H groups in total. The lowest BCUT2D eigenvalue weighted by Crippen LogP contribution is -1.94. The van der Waals surface area contributed by atoms with Crippen molar-refractivity contribution in [3.8, 4) is 33.6 Å². The number of nitrogens with zero attached hydrogens (tertiary/aromatic N) is 2. The molecule has 0 saturated carbocycles. The van der Waals surface area contributed by atoms with Crippen molar-refractivity contribution < 1.29 is 4.42 Å². The van der Waals surface area contributed by atoms with Crippen molar-refractivity contribution in [2.75, 3.05) is 0 Å². The van der Waals surface area contributed by atoms with Gasteiger partial charge in [-0.25, -0.2) is 0 Å². The summed E-state index contributed by atoms with van der Waals surface area (Å²) in [5.74, 6) is 0. The molecule has 3 heterocycles. The number of thiol groups is 2. The summed E-state index contributed by atoms with van der Waals surface area (Å²) in [6.07, 6.45) is 0. The summed E-state index contributed by atoms with van der Waals surface area (Å²) in [5.41, 5.74) is 13.5. The number of benzene rings is 8. The van der Waals surface area contributed by atoms with E-state index in [4.69, 9.17) is 4.42 Å². The van der Waals surface area contributed by atoms with Gasteiger partial charge < -0.3 is 13.6 Å². The molecule has 266 valence electrons. The molecule has 5 heteroatoms. The van der Waals surface area contributed by atoms with Crippen molar-refractivity contribution in [1.29, 1.82) is 0 Å². The first-order chi connectivity index (χ1) is 27.3. The third kappa shape index (κ3) is 5.70. The molecule has 3 aromatic heterocycles. The minimum absolute atomic E-state index is 0.890. The summed E-state index contributed by atoms with van der Waals surface area (Å²) in [4.78, 5) is 0. The van der Waals surface area contributed by atoms with Gasteiger partial charge in [-0.05, 0) is 83.4 Å². The van der Waals surface area contributed by atoms with Crippen LogP contribution in [0.2, 0.25) is 0 Å². The Morgan fingerprint density at radius 3 is 1.53 bits per heavy atom. The van der Waals surface area contributed by atoms with E-state index >= 15 is 0 Å². The highest BCUT2D eigenvalue weighted by atomic mass is 33.1. The lowest BCUT2D eigenvalue weighted by atomic mass is 9.99. The Hall–Kier alpha value is -6.14. The summed E-state index contributed by atoms with van der Waals surface area (Å²) in [6.45, 7) is 4.00. The van der Waals surface area contributed by atoms with Crippen LogP contribution in [-0.2, 0) is 0 Å². The van der Waals surface area contributed by atoms with E-state index in [-0.39, 0.29) is 0 Å². The molecular formula is C50H38N2OS2. The Bertz CT molecular complexity index is 3100. The molecule has 0 aliphatic rings. The monoisotopic (exact) mass is 746 g/mol. The van der Waals surface area contributed by atoms with Crippen molar-refractivity contribution in [1.82, 2.24) is 9.13 Å². The quantitative estimate of drug-likeness (QED) is 0.136. The van der Waals surface area contributed by atoms with Gasteiger partial charge in [0.25, 0.3) is 0 Å². The van der Waals surface area contributed by atoms with Gasteiger partial charge in [0.15, 0.2) is 0 Å². The van der Waals surface area contributed by atoms with Crippen molar-refractivity contribution in [2.24, 2.45) is 0 Å². The highest BCUT2D eigenvalue weighted by molar-refractivity contribution is 8.59. The van der Waals surface area contributed by atoms with Crippen molar-refractivity contribution in [2.45, 2.75) is 13.8 Å². The number of rotatable bonds is 4. The van der Waals surface area contributed by atoms with Crippen molar-refractivity contribution in [3.63, 3.8) is 0 Å². The maximum absolute atomic E-state index is 6.67. The third-order valence-corrected chi connectivity index (χ3v) is 10.5. The number of hydrogen-bond acceptors (Lipinski definition) is 3. The molecule has 0 unspecified atom stereocenters. The molecule has 3 nitrogen and oxygen atoms in total.